The van der Waals surface area contributed by atoms with Crippen molar-refractivity contribution in [2.45, 2.75) is 25.4 Å². The summed E-state index contributed by atoms with van der Waals surface area (Å²) in [6, 6.07) is 7.09. The zero-order chi connectivity index (χ0) is 18.9. The Morgan fingerprint density at radius 1 is 1.38 bits per heavy atom. The number of anilines is 1. The number of nitrogens with zero attached hydrogens (tertiary/aromatic N) is 2. The second kappa shape index (κ2) is 6.93. The average molecular weight is 364 g/mol. The van der Waals surface area contributed by atoms with Crippen molar-refractivity contribution in [1.82, 2.24) is 4.90 Å². The summed E-state index contributed by atoms with van der Waals surface area (Å²) in [5, 5.41) is 8.96. The Hall–Kier alpha value is -2.64. The molecule has 1 aromatic carbocycles. The number of benzene rings is 1. The Morgan fingerprint density at radius 2 is 2.12 bits per heavy atom. The lowest BCUT2D eigenvalue weighted by Gasteiger charge is -2.22. The molecule has 1 aromatic rings. The minimum Gasteiger partial charge on any atom is -0.492 e. The highest BCUT2D eigenvalue weighted by molar-refractivity contribution is 6.01. The summed E-state index contributed by atoms with van der Waals surface area (Å²) >= 11 is 0. The van der Waals surface area contributed by atoms with Crippen LogP contribution in [0.25, 0.3) is 0 Å². The van der Waals surface area contributed by atoms with Crippen molar-refractivity contribution in [3.05, 3.63) is 24.3 Å². The minimum absolute atomic E-state index is 0.0160. The molecule has 2 amide bonds. The van der Waals surface area contributed by atoms with Crippen LogP contribution < -0.4 is 9.64 Å². The number of halogens is 1. The van der Waals surface area contributed by atoms with Crippen molar-refractivity contribution in [1.29, 1.82) is 0 Å². The van der Waals surface area contributed by atoms with Gasteiger partial charge in [-0.25, -0.2) is 9.18 Å². The van der Waals surface area contributed by atoms with E-state index in [4.69, 9.17) is 9.84 Å². The van der Waals surface area contributed by atoms with Crippen LogP contribution in [0.1, 0.15) is 19.8 Å². The number of carbonyl (C=O) groups excluding carboxylic acids is 2. The molecule has 2 saturated heterocycles. The predicted molar refractivity (Wildman–Crippen MR) is 90.7 cm³/mol. The molecule has 2 atom stereocenters. The van der Waals surface area contributed by atoms with E-state index in [-0.39, 0.29) is 37.7 Å². The van der Waals surface area contributed by atoms with Crippen LogP contribution in [0.3, 0.4) is 0 Å². The largest absolute Gasteiger partial charge is 0.492 e. The van der Waals surface area contributed by atoms with E-state index in [2.05, 4.69) is 0 Å². The standard InChI is InChI=1S/C18H21FN2O5/c1-2-26-14-6-4-3-5-13(14)21-10-12(9-15(21)22)16(23)20-8-7-18(19,11-20)17(24)25/h3-6,12H,2,7-11H2,1H3,(H,24,25). The molecule has 7 nitrogen and oxygen atoms in total. The quantitative estimate of drug-likeness (QED) is 0.855. The molecule has 1 N–H and O–H groups in total. The maximum atomic E-state index is 14.2. The van der Waals surface area contributed by atoms with E-state index in [0.29, 0.717) is 18.0 Å². The van der Waals surface area contributed by atoms with E-state index in [0.717, 1.165) is 0 Å². The molecule has 0 aromatic heterocycles. The van der Waals surface area contributed by atoms with Gasteiger partial charge in [0.05, 0.1) is 24.8 Å². The molecular weight excluding hydrogens is 343 g/mol. The molecule has 0 bridgehead atoms. The first kappa shape index (κ1) is 18.2. The second-order valence-electron chi connectivity index (χ2n) is 6.59. The van der Waals surface area contributed by atoms with Crippen LogP contribution in [-0.2, 0) is 14.4 Å². The van der Waals surface area contributed by atoms with E-state index in [9.17, 15) is 18.8 Å². The van der Waals surface area contributed by atoms with Crippen LogP contribution in [0.4, 0.5) is 10.1 Å². The Kier molecular flexibility index (Phi) is 4.84. The number of hydrogen-bond acceptors (Lipinski definition) is 4. The smallest absolute Gasteiger partial charge is 0.343 e. The third-order valence-electron chi connectivity index (χ3n) is 4.84. The molecule has 8 heteroatoms. The number of aliphatic carboxylic acids is 1. The van der Waals surface area contributed by atoms with Crippen LogP contribution in [0.2, 0.25) is 0 Å². The normalized spacial score (nSPS) is 25.6. The van der Waals surface area contributed by atoms with Gasteiger partial charge in [0.2, 0.25) is 17.5 Å². The van der Waals surface area contributed by atoms with Crippen molar-refractivity contribution >= 4 is 23.5 Å². The van der Waals surface area contributed by atoms with E-state index < -0.39 is 24.1 Å². The Morgan fingerprint density at radius 3 is 2.77 bits per heavy atom. The topological polar surface area (TPSA) is 87.2 Å². The minimum atomic E-state index is -2.40. The highest BCUT2D eigenvalue weighted by atomic mass is 19.1. The molecule has 2 heterocycles. The lowest BCUT2D eigenvalue weighted by atomic mass is 10.1. The highest BCUT2D eigenvalue weighted by Gasteiger charge is 2.49. The van der Waals surface area contributed by atoms with Crippen molar-refractivity contribution in [3.8, 4) is 5.75 Å². The summed E-state index contributed by atoms with van der Waals surface area (Å²) in [6.07, 6.45) is -0.215. The SMILES string of the molecule is CCOc1ccccc1N1CC(C(=O)N2CCC(F)(C(=O)O)C2)CC1=O. The first-order valence-corrected chi connectivity index (χ1v) is 8.59. The molecule has 26 heavy (non-hydrogen) atoms. The molecule has 0 radical (unpaired) electrons. The number of carbonyl (C=O) groups is 3. The lowest BCUT2D eigenvalue weighted by molar-refractivity contribution is -0.150. The molecular formula is C18H21FN2O5. The number of rotatable bonds is 5. The van der Waals surface area contributed by atoms with Crippen molar-refractivity contribution in [3.63, 3.8) is 0 Å². The maximum absolute atomic E-state index is 14.2. The molecule has 3 rings (SSSR count). The van der Waals surface area contributed by atoms with Crippen LogP contribution in [-0.4, -0.2) is 59.7 Å². The fourth-order valence-electron chi connectivity index (χ4n) is 3.46. The van der Waals surface area contributed by atoms with Crippen molar-refractivity contribution in [2.24, 2.45) is 5.92 Å². The van der Waals surface area contributed by atoms with Gasteiger partial charge >= 0.3 is 5.97 Å². The van der Waals surface area contributed by atoms with Gasteiger partial charge in [-0.1, -0.05) is 12.1 Å². The Balaban J connectivity index is 1.72. The van der Waals surface area contributed by atoms with Crippen molar-refractivity contribution < 1.29 is 28.6 Å². The van der Waals surface area contributed by atoms with Gasteiger partial charge in [0.15, 0.2) is 0 Å². The van der Waals surface area contributed by atoms with E-state index in [1.807, 2.05) is 6.92 Å². The molecule has 0 spiro atoms. The number of amides is 2. The highest BCUT2D eigenvalue weighted by Crippen LogP contribution is 2.35. The molecule has 2 unspecified atom stereocenters. The Labute approximate surface area is 150 Å². The molecule has 0 aliphatic carbocycles. The summed E-state index contributed by atoms with van der Waals surface area (Å²) < 4.78 is 19.7. The lowest BCUT2D eigenvalue weighted by Crippen LogP contribution is -2.41. The van der Waals surface area contributed by atoms with Gasteiger partial charge in [-0.3, -0.25) is 9.59 Å². The van der Waals surface area contributed by atoms with Gasteiger partial charge < -0.3 is 19.6 Å². The number of hydrogen-bond donors (Lipinski definition) is 1. The molecule has 2 aliphatic rings. The zero-order valence-corrected chi connectivity index (χ0v) is 14.5. The number of likely N-dealkylation sites (tertiary alicyclic amines) is 1. The van der Waals surface area contributed by atoms with Crippen LogP contribution >= 0.6 is 0 Å². The van der Waals surface area contributed by atoms with Gasteiger partial charge in [-0.15, -0.1) is 0 Å². The first-order chi connectivity index (χ1) is 12.4. The maximum Gasteiger partial charge on any atom is 0.343 e. The number of carboxylic acid groups (broad SMARTS) is 1. The summed E-state index contributed by atoms with van der Waals surface area (Å²) in [4.78, 5) is 38.8. The third-order valence-corrected chi connectivity index (χ3v) is 4.84. The van der Waals surface area contributed by atoms with Crippen LogP contribution in [0.5, 0.6) is 5.75 Å². The number of para-hydroxylation sites is 2. The molecule has 140 valence electrons. The van der Waals surface area contributed by atoms with E-state index >= 15 is 0 Å². The number of ether oxygens (including phenoxy) is 1. The molecule has 0 saturated carbocycles. The van der Waals surface area contributed by atoms with Gasteiger partial charge in [-0.2, -0.15) is 0 Å². The summed E-state index contributed by atoms with van der Waals surface area (Å²) in [5.41, 5.74) is -1.80. The fourth-order valence-corrected chi connectivity index (χ4v) is 3.46. The van der Waals surface area contributed by atoms with Gasteiger partial charge in [0.25, 0.3) is 0 Å². The summed E-state index contributed by atoms with van der Waals surface area (Å²) in [7, 11) is 0. The summed E-state index contributed by atoms with van der Waals surface area (Å²) in [5.74, 6) is -2.20. The van der Waals surface area contributed by atoms with E-state index in [1.54, 1.807) is 24.3 Å². The fraction of sp³-hybridized carbons (Fsp3) is 0.500. The van der Waals surface area contributed by atoms with Crippen LogP contribution in [0, 0.1) is 5.92 Å². The third kappa shape index (κ3) is 3.23. The second-order valence-corrected chi connectivity index (χ2v) is 6.59. The average Bonchev–Trinajstić information content (AvgIpc) is 3.19. The van der Waals surface area contributed by atoms with Gasteiger partial charge in [0, 0.05) is 25.9 Å². The number of alkyl halides is 1. The molecule has 2 fully saturated rings. The first-order valence-electron chi connectivity index (χ1n) is 8.59. The van der Waals surface area contributed by atoms with Gasteiger partial charge in [0.1, 0.15) is 5.75 Å². The van der Waals surface area contributed by atoms with Crippen molar-refractivity contribution in [2.75, 3.05) is 31.1 Å². The monoisotopic (exact) mass is 364 g/mol. The van der Waals surface area contributed by atoms with E-state index in [1.165, 1.54) is 9.80 Å². The number of carboxylic acids is 1. The van der Waals surface area contributed by atoms with Crippen LogP contribution in [0.15, 0.2) is 24.3 Å². The predicted octanol–water partition coefficient (Wildman–Crippen LogP) is 1.46. The molecule has 2 aliphatic heterocycles. The zero-order valence-electron chi connectivity index (χ0n) is 14.5. The van der Waals surface area contributed by atoms with Gasteiger partial charge in [-0.05, 0) is 19.1 Å². The Bertz CT molecular complexity index is 740. The summed E-state index contributed by atoms with van der Waals surface area (Å²) in [6.45, 7) is 2.03.